The van der Waals surface area contributed by atoms with Gasteiger partial charge < -0.3 is 15.5 Å². The maximum atomic E-state index is 12.3. The molecule has 2 heterocycles. The zero-order valence-corrected chi connectivity index (χ0v) is 10.4. The molecule has 2 aliphatic rings. The number of amides is 2. The Hall–Kier alpha value is -1.10. The normalized spacial score (nSPS) is 30.6. The Kier molecular flexibility index (Phi) is 3.99. The van der Waals surface area contributed by atoms with E-state index in [0.29, 0.717) is 19.1 Å². The lowest BCUT2D eigenvalue weighted by molar-refractivity contribution is -0.137. The first-order valence-corrected chi connectivity index (χ1v) is 6.48. The van der Waals surface area contributed by atoms with Gasteiger partial charge in [0, 0.05) is 19.1 Å². The number of rotatable bonds is 1. The highest BCUT2D eigenvalue weighted by Crippen LogP contribution is 2.14. The van der Waals surface area contributed by atoms with Crippen LogP contribution in [0.15, 0.2) is 0 Å². The molecule has 0 saturated carbocycles. The maximum absolute atomic E-state index is 12.3. The van der Waals surface area contributed by atoms with Crippen molar-refractivity contribution < 1.29 is 9.59 Å². The van der Waals surface area contributed by atoms with E-state index >= 15 is 0 Å². The zero-order chi connectivity index (χ0) is 12.3. The first kappa shape index (κ1) is 12.4. The number of nitrogens with zero attached hydrogens (tertiary/aromatic N) is 1. The molecule has 0 aliphatic carbocycles. The molecule has 0 bridgehead atoms. The van der Waals surface area contributed by atoms with Crippen molar-refractivity contribution in [2.75, 3.05) is 19.6 Å². The van der Waals surface area contributed by atoms with Crippen molar-refractivity contribution >= 4 is 11.8 Å². The van der Waals surface area contributed by atoms with Crippen LogP contribution in [0.3, 0.4) is 0 Å². The van der Waals surface area contributed by atoms with Crippen LogP contribution in [0, 0.1) is 0 Å². The minimum atomic E-state index is -0.0929. The number of piperidine rings is 1. The highest BCUT2D eigenvalue weighted by atomic mass is 16.2. The average molecular weight is 239 g/mol. The lowest BCUT2D eigenvalue weighted by atomic mass is 9.98. The smallest absolute Gasteiger partial charge is 0.240 e. The van der Waals surface area contributed by atoms with E-state index in [0.717, 1.165) is 25.7 Å². The largest absolute Gasteiger partial charge is 0.354 e. The van der Waals surface area contributed by atoms with Gasteiger partial charge >= 0.3 is 0 Å². The summed E-state index contributed by atoms with van der Waals surface area (Å²) in [7, 11) is 0. The van der Waals surface area contributed by atoms with Crippen LogP contribution in [-0.4, -0.2) is 48.4 Å². The van der Waals surface area contributed by atoms with Crippen LogP contribution in [0.5, 0.6) is 0 Å². The second-order valence-corrected chi connectivity index (χ2v) is 5.01. The van der Waals surface area contributed by atoms with E-state index in [1.54, 1.807) is 4.90 Å². The van der Waals surface area contributed by atoms with E-state index in [-0.39, 0.29) is 24.4 Å². The molecule has 2 N–H and O–H groups in total. The van der Waals surface area contributed by atoms with Crippen molar-refractivity contribution in [1.29, 1.82) is 0 Å². The molecule has 0 spiro atoms. The van der Waals surface area contributed by atoms with Crippen molar-refractivity contribution in [2.24, 2.45) is 0 Å². The van der Waals surface area contributed by atoms with Crippen molar-refractivity contribution in [3.8, 4) is 0 Å². The highest BCUT2D eigenvalue weighted by Gasteiger charge is 2.29. The highest BCUT2D eigenvalue weighted by molar-refractivity contribution is 5.87. The molecule has 5 nitrogen and oxygen atoms in total. The molecule has 2 unspecified atom stereocenters. The third-order valence-corrected chi connectivity index (χ3v) is 3.49. The van der Waals surface area contributed by atoms with Gasteiger partial charge in [-0.25, -0.2) is 0 Å². The van der Waals surface area contributed by atoms with Gasteiger partial charge in [-0.1, -0.05) is 0 Å². The van der Waals surface area contributed by atoms with Crippen LogP contribution in [0.2, 0.25) is 0 Å². The van der Waals surface area contributed by atoms with Crippen LogP contribution in [0.1, 0.15) is 32.6 Å². The van der Waals surface area contributed by atoms with Crippen molar-refractivity contribution in [1.82, 2.24) is 15.5 Å². The lowest BCUT2D eigenvalue weighted by Gasteiger charge is -2.31. The van der Waals surface area contributed by atoms with E-state index in [4.69, 9.17) is 0 Å². The molecule has 2 aliphatic heterocycles. The number of carbonyl (C=O) groups is 2. The van der Waals surface area contributed by atoms with Gasteiger partial charge in [0.05, 0.1) is 12.6 Å². The SMILES string of the molecule is CC1CCCC(C(=O)N2CCCNC(=O)C2)N1. The van der Waals surface area contributed by atoms with Gasteiger partial charge in [0.25, 0.3) is 0 Å². The third-order valence-electron chi connectivity index (χ3n) is 3.49. The first-order valence-electron chi connectivity index (χ1n) is 6.48. The van der Waals surface area contributed by atoms with E-state index in [9.17, 15) is 9.59 Å². The quantitative estimate of drug-likeness (QED) is 0.670. The number of hydrogen-bond donors (Lipinski definition) is 2. The zero-order valence-electron chi connectivity index (χ0n) is 10.4. The fourth-order valence-corrected chi connectivity index (χ4v) is 2.55. The molecule has 2 saturated heterocycles. The standard InChI is InChI=1S/C12H21N3O2/c1-9-4-2-5-10(14-9)12(17)15-7-3-6-13-11(16)8-15/h9-10,14H,2-8H2,1H3,(H,13,16). The number of carbonyl (C=O) groups excluding carboxylic acids is 2. The number of hydrogen-bond acceptors (Lipinski definition) is 3. The summed E-state index contributed by atoms with van der Waals surface area (Å²) in [5, 5.41) is 6.11. The van der Waals surface area contributed by atoms with Gasteiger partial charge in [-0.3, -0.25) is 9.59 Å². The minimum absolute atomic E-state index is 0.0419. The summed E-state index contributed by atoms with van der Waals surface area (Å²) in [6.07, 6.45) is 3.95. The van der Waals surface area contributed by atoms with Gasteiger partial charge in [0.2, 0.25) is 11.8 Å². The van der Waals surface area contributed by atoms with Crippen LogP contribution in [0.4, 0.5) is 0 Å². The summed E-state index contributed by atoms with van der Waals surface area (Å²) in [4.78, 5) is 25.4. The van der Waals surface area contributed by atoms with Gasteiger partial charge in [-0.15, -0.1) is 0 Å². The average Bonchev–Trinajstić information content (AvgIpc) is 2.53. The van der Waals surface area contributed by atoms with Gasteiger partial charge in [-0.2, -0.15) is 0 Å². The lowest BCUT2D eigenvalue weighted by Crippen LogP contribution is -2.52. The fraction of sp³-hybridized carbons (Fsp3) is 0.833. The Morgan fingerprint density at radius 1 is 1.35 bits per heavy atom. The Morgan fingerprint density at radius 3 is 2.94 bits per heavy atom. The molecule has 0 radical (unpaired) electrons. The monoisotopic (exact) mass is 239 g/mol. The summed E-state index contributed by atoms with van der Waals surface area (Å²) >= 11 is 0. The predicted molar refractivity (Wildman–Crippen MR) is 64.4 cm³/mol. The van der Waals surface area contributed by atoms with Crippen molar-refractivity contribution in [3.05, 3.63) is 0 Å². The third kappa shape index (κ3) is 3.19. The van der Waals surface area contributed by atoms with Crippen LogP contribution < -0.4 is 10.6 Å². The summed E-state index contributed by atoms with van der Waals surface area (Å²) < 4.78 is 0. The molecule has 2 amide bonds. The Bertz CT molecular complexity index is 306. The maximum Gasteiger partial charge on any atom is 0.240 e. The van der Waals surface area contributed by atoms with Crippen LogP contribution in [0.25, 0.3) is 0 Å². The molecule has 2 rings (SSSR count). The molecule has 0 aromatic rings. The first-order chi connectivity index (χ1) is 8.16. The molecule has 96 valence electrons. The second-order valence-electron chi connectivity index (χ2n) is 5.01. The molecule has 2 fully saturated rings. The topological polar surface area (TPSA) is 61.4 Å². The summed E-state index contributed by atoms with van der Waals surface area (Å²) in [5.74, 6) is 0.0494. The van der Waals surface area contributed by atoms with Crippen LogP contribution >= 0.6 is 0 Å². The predicted octanol–water partition coefficient (Wildman–Crippen LogP) is -0.134. The molecule has 0 aromatic carbocycles. The summed E-state index contributed by atoms with van der Waals surface area (Å²) in [6, 6.07) is 0.308. The van der Waals surface area contributed by atoms with E-state index in [1.165, 1.54) is 0 Å². The van der Waals surface area contributed by atoms with E-state index in [1.807, 2.05) is 0 Å². The van der Waals surface area contributed by atoms with Crippen molar-refractivity contribution in [3.63, 3.8) is 0 Å². The number of nitrogens with one attached hydrogen (secondary N) is 2. The fourth-order valence-electron chi connectivity index (χ4n) is 2.55. The van der Waals surface area contributed by atoms with Gasteiger partial charge in [-0.05, 0) is 32.6 Å². The minimum Gasteiger partial charge on any atom is -0.354 e. The molecular weight excluding hydrogens is 218 g/mol. The van der Waals surface area contributed by atoms with Crippen molar-refractivity contribution in [2.45, 2.75) is 44.7 Å². The molecule has 17 heavy (non-hydrogen) atoms. The molecule has 2 atom stereocenters. The molecular formula is C12H21N3O2. The molecule has 0 aromatic heterocycles. The Labute approximate surface area is 102 Å². The summed E-state index contributed by atoms with van der Waals surface area (Å²) in [6.45, 7) is 3.68. The van der Waals surface area contributed by atoms with E-state index < -0.39 is 0 Å². The van der Waals surface area contributed by atoms with E-state index in [2.05, 4.69) is 17.6 Å². The summed E-state index contributed by atoms with van der Waals surface area (Å²) in [5.41, 5.74) is 0. The molecule has 5 heteroatoms. The van der Waals surface area contributed by atoms with Crippen LogP contribution in [-0.2, 0) is 9.59 Å². The Balaban J connectivity index is 1.95. The van der Waals surface area contributed by atoms with Gasteiger partial charge in [0.15, 0.2) is 0 Å². The Morgan fingerprint density at radius 2 is 2.18 bits per heavy atom. The second kappa shape index (κ2) is 5.49. The van der Waals surface area contributed by atoms with Gasteiger partial charge in [0.1, 0.15) is 0 Å².